The van der Waals surface area contributed by atoms with E-state index in [1.807, 2.05) is 18.2 Å². The molecule has 1 aromatic rings. The summed E-state index contributed by atoms with van der Waals surface area (Å²) < 4.78 is 0. The third-order valence-electron chi connectivity index (χ3n) is 2.51. The minimum absolute atomic E-state index is 0.0185. The monoisotopic (exact) mass is 202 g/mol. The zero-order valence-corrected chi connectivity index (χ0v) is 8.52. The van der Waals surface area contributed by atoms with E-state index in [9.17, 15) is 4.79 Å². The topological polar surface area (TPSA) is 42.0 Å². The van der Waals surface area contributed by atoms with Gasteiger partial charge in [0.15, 0.2) is 5.78 Å². The van der Waals surface area contributed by atoms with Crippen molar-refractivity contribution in [3.8, 4) is 0 Å². The molecule has 1 N–H and O–H groups in total. The van der Waals surface area contributed by atoms with Crippen LogP contribution in [0.2, 0.25) is 0 Å². The minimum atomic E-state index is 0.0185. The van der Waals surface area contributed by atoms with Gasteiger partial charge in [-0.15, -0.1) is 0 Å². The van der Waals surface area contributed by atoms with E-state index < -0.39 is 0 Å². The first-order valence-electron chi connectivity index (χ1n) is 5.22. The molecule has 1 fully saturated rings. The van der Waals surface area contributed by atoms with E-state index in [0.29, 0.717) is 0 Å². The first-order valence-corrected chi connectivity index (χ1v) is 5.22. The summed E-state index contributed by atoms with van der Waals surface area (Å²) in [6.45, 7) is 0.952. The van der Waals surface area contributed by atoms with Gasteiger partial charge in [-0.2, -0.15) is 0 Å². The molecular formula is C12H14N2O. The van der Waals surface area contributed by atoms with E-state index in [1.165, 1.54) is 0 Å². The van der Waals surface area contributed by atoms with Crippen LogP contribution in [0, 0.1) is 0 Å². The van der Waals surface area contributed by atoms with Crippen LogP contribution in [0.1, 0.15) is 18.5 Å². The molecule has 1 aliphatic rings. The molecule has 1 aliphatic heterocycles. The highest BCUT2D eigenvalue weighted by atomic mass is 16.1. The van der Waals surface area contributed by atoms with Gasteiger partial charge in [-0.3, -0.25) is 9.78 Å². The van der Waals surface area contributed by atoms with E-state index in [0.717, 1.165) is 25.1 Å². The average Bonchev–Trinajstić information content (AvgIpc) is 2.81. The van der Waals surface area contributed by atoms with Gasteiger partial charge in [0.25, 0.3) is 0 Å². The summed E-state index contributed by atoms with van der Waals surface area (Å²) in [4.78, 5) is 15.8. The van der Waals surface area contributed by atoms with Crippen LogP contribution >= 0.6 is 0 Å². The first-order chi connectivity index (χ1) is 7.36. The largest absolute Gasteiger partial charge is 0.307 e. The Morgan fingerprint density at radius 3 is 3.13 bits per heavy atom. The smallest absolute Gasteiger partial charge is 0.172 e. The van der Waals surface area contributed by atoms with E-state index >= 15 is 0 Å². The molecular weight excluding hydrogens is 188 g/mol. The van der Waals surface area contributed by atoms with Gasteiger partial charge >= 0.3 is 0 Å². The molecule has 78 valence electrons. The van der Waals surface area contributed by atoms with Gasteiger partial charge in [0.2, 0.25) is 0 Å². The Bertz CT molecular complexity index is 353. The predicted octanol–water partition coefficient (Wildman–Crippen LogP) is 1.42. The highest BCUT2D eigenvalue weighted by Crippen LogP contribution is 2.07. The fourth-order valence-corrected chi connectivity index (χ4v) is 1.69. The van der Waals surface area contributed by atoms with E-state index in [1.54, 1.807) is 18.3 Å². The SMILES string of the molecule is O=C(C=Cc1ccccn1)[C@@H]1CCCN1. The Morgan fingerprint density at radius 1 is 1.53 bits per heavy atom. The van der Waals surface area contributed by atoms with Crippen LogP contribution < -0.4 is 5.32 Å². The Labute approximate surface area is 89.2 Å². The maximum absolute atomic E-state index is 11.6. The number of carbonyl (C=O) groups excluding carboxylic acids is 1. The molecule has 15 heavy (non-hydrogen) atoms. The number of ketones is 1. The van der Waals surface area contributed by atoms with Crippen molar-refractivity contribution in [3.05, 3.63) is 36.2 Å². The summed E-state index contributed by atoms with van der Waals surface area (Å²) in [5, 5.41) is 3.17. The maximum atomic E-state index is 11.6. The first kappa shape index (κ1) is 10.1. The minimum Gasteiger partial charge on any atom is -0.307 e. The maximum Gasteiger partial charge on any atom is 0.172 e. The Morgan fingerprint density at radius 2 is 2.47 bits per heavy atom. The second-order valence-electron chi connectivity index (χ2n) is 3.64. The van der Waals surface area contributed by atoms with Crippen molar-refractivity contribution >= 4 is 11.9 Å². The molecule has 0 spiro atoms. The van der Waals surface area contributed by atoms with Gasteiger partial charge in [-0.05, 0) is 43.7 Å². The van der Waals surface area contributed by atoms with Crippen LogP contribution in [-0.4, -0.2) is 23.4 Å². The summed E-state index contributed by atoms with van der Waals surface area (Å²) in [5.74, 6) is 0.151. The van der Waals surface area contributed by atoms with Crippen molar-refractivity contribution in [1.82, 2.24) is 10.3 Å². The fraction of sp³-hybridized carbons (Fsp3) is 0.333. The molecule has 1 atom stereocenters. The zero-order valence-electron chi connectivity index (χ0n) is 8.52. The van der Waals surface area contributed by atoms with Crippen molar-refractivity contribution in [2.24, 2.45) is 0 Å². The molecule has 2 heterocycles. The molecule has 0 aromatic carbocycles. The molecule has 0 aliphatic carbocycles. The van der Waals surface area contributed by atoms with Crippen molar-refractivity contribution in [2.45, 2.75) is 18.9 Å². The number of hydrogen-bond acceptors (Lipinski definition) is 3. The predicted molar refractivity (Wildman–Crippen MR) is 59.3 cm³/mol. The van der Waals surface area contributed by atoms with Gasteiger partial charge in [0.1, 0.15) is 0 Å². The van der Waals surface area contributed by atoms with Crippen LogP contribution in [0.15, 0.2) is 30.5 Å². The molecule has 0 saturated carbocycles. The summed E-state index contributed by atoms with van der Waals surface area (Å²) in [5.41, 5.74) is 0.823. The molecule has 1 saturated heterocycles. The third-order valence-corrected chi connectivity index (χ3v) is 2.51. The van der Waals surface area contributed by atoms with Gasteiger partial charge in [0.05, 0.1) is 11.7 Å². The van der Waals surface area contributed by atoms with Crippen LogP contribution in [-0.2, 0) is 4.79 Å². The van der Waals surface area contributed by atoms with Crippen molar-refractivity contribution in [3.63, 3.8) is 0 Å². The summed E-state index contributed by atoms with van der Waals surface area (Å²) in [7, 11) is 0. The number of pyridine rings is 1. The van der Waals surface area contributed by atoms with E-state index in [-0.39, 0.29) is 11.8 Å². The molecule has 3 nitrogen and oxygen atoms in total. The highest BCUT2D eigenvalue weighted by molar-refractivity contribution is 5.97. The lowest BCUT2D eigenvalue weighted by Gasteiger charge is -2.03. The third kappa shape index (κ3) is 2.73. The second kappa shape index (κ2) is 4.84. The number of carbonyl (C=O) groups is 1. The number of aromatic nitrogens is 1. The zero-order chi connectivity index (χ0) is 10.5. The van der Waals surface area contributed by atoms with Gasteiger partial charge in [0, 0.05) is 6.20 Å². The van der Waals surface area contributed by atoms with Crippen LogP contribution in [0.25, 0.3) is 6.08 Å². The molecule has 3 heteroatoms. The lowest BCUT2D eigenvalue weighted by Crippen LogP contribution is -2.29. The Hall–Kier alpha value is -1.48. The molecule has 2 rings (SSSR count). The fourth-order valence-electron chi connectivity index (χ4n) is 1.69. The number of nitrogens with one attached hydrogen (secondary N) is 1. The van der Waals surface area contributed by atoms with Gasteiger partial charge in [-0.25, -0.2) is 0 Å². The number of hydrogen-bond donors (Lipinski definition) is 1. The van der Waals surface area contributed by atoms with Gasteiger partial charge in [-0.1, -0.05) is 6.07 Å². The van der Waals surface area contributed by atoms with Crippen molar-refractivity contribution < 1.29 is 4.79 Å². The van der Waals surface area contributed by atoms with Crippen LogP contribution in [0.5, 0.6) is 0 Å². The quantitative estimate of drug-likeness (QED) is 0.754. The molecule has 0 bridgehead atoms. The lowest BCUT2D eigenvalue weighted by molar-refractivity contribution is -0.116. The lowest BCUT2D eigenvalue weighted by atomic mass is 10.1. The summed E-state index contributed by atoms with van der Waals surface area (Å²) in [6, 6.07) is 5.67. The second-order valence-corrected chi connectivity index (χ2v) is 3.64. The average molecular weight is 202 g/mol. The molecule has 0 amide bonds. The molecule has 0 unspecified atom stereocenters. The normalized spacial score (nSPS) is 20.9. The van der Waals surface area contributed by atoms with Crippen molar-refractivity contribution in [1.29, 1.82) is 0 Å². The summed E-state index contributed by atoms with van der Waals surface area (Å²) in [6.07, 6.45) is 7.14. The standard InChI is InChI=1S/C12H14N2O/c15-12(11-5-3-9-14-11)7-6-10-4-1-2-8-13-10/h1-2,4,6-8,11,14H,3,5,9H2/t11-/m0/s1. The Kier molecular flexibility index (Phi) is 3.25. The molecule has 0 radical (unpaired) electrons. The van der Waals surface area contributed by atoms with Crippen LogP contribution in [0.4, 0.5) is 0 Å². The van der Waals surface area contributed by atoms with Gasteiger partial charge < -0.3 is 5.32 Å². The van der Waals surface area contributed by atoms with Crippen LogP contribution in [0.3, 0.4) is 0 Å². The van der Waals surface area contributed by atoms with E-state index in [2.05, 4.69) is 10.3 Å². The molecule has 1 aromatic heterocycles. The van der Waals surface area contributed by atoms with E-state index in [4.69, 9.17) is 0 Å². The van der Waals surface area contributed by atoms with Crippen molar-refractivity contribution in [2.75, 3.05) is 6.54 Å². The summed E-state index contributed by atoms with van der Waals surface area (Å²) >= 11 is 0. The number of nitrogens with zero attached hydrogens (tertiary/aromatic N) is 1. The highest BCUT2D eigenvalue weighted by Gasteiger charge is 2.19. The Balaban J connectivity index is 1.96. The number of rotatable bonds is 3.